The summed E-state index contributed by atoms with van der Waals surface area (Å²) in [4.78, 5) is 21.1. The van der Waals surface area contributed by atoms with Crippen molar-refractivity contribution in [2.45, 2.75) is 30.2 Å². The third kappa shape index (κ3) is 3.27. The minimum Gasteiger partial charge on any atom is -0.548 e. The number of rotatable bonds is 5. The van der Waals surface area contributed by atoms with E-state index in [-0.39, 0.29) is 23.6 Å². The summed E-state index contributed by atoms with van der Waals surface area (Å²) in [5, 5.41) is 22.2. The average molecular weight is 343 g/mol. The topological polar surface area (TPSA) is 130 Å². The molecule has 1 fully saturated rings. The Hall–Kier alpha value is -2.20. The van der Waals surface area contributed by atoms with Gasteiger partial charge in [0.15, 0.2) is 5.75 Å². The summed E-state index contributed by atoms with van der Waals surface area (Å²) in [5.74, 6) is -1.56. The lowest BCUT2D eigenvalue weighted by atomic mass is 10.1. The fraction of sp³-hybridized carbons (Fsp3) is 0.462. The number of sulfonamides is 1. The van der Waals surface area contributed by atoms with E-state index >= 15 is 0 Å². The van der Waals surface area contributed by atoms with Crippen molar-refractivity contribution >= 4 is 21.7 Å². The standard InChI is InChI=1S/C13H16N2O7S/c1-22-12-6-5-9(8-11(12)15(18)19)23(20,21)14-7-3-2-4-10(14)13(16)17/h5-6,8,10H,2-4,7H2,1H3,(H,16,17)/p-1/t10-/m1/s1. The van der Waals surface area contributed by atoms with Gasteiger partial charge >= 0.3 is 5.69 Å². The maximum absolute atomic E-state index is 12.6. The number of carboxylic acid groups (broad SMARTS) is 1. The highest BCUT2D eigenvalue weighted by atomic mass is 32.2. The van der Waals surface area contributed by atoms with Gasteiger partial charge < -0.3 is 14.6 Å². The monoisotopic (exact) mass is 343 g/mol. The molecular weight excluding hydrogens is 328 g/mol. The lowest BCUT2D eigenvalue weighted by Crippen LogP contribution is -2.52. The van der Waals surface area contributed by atoms with E-state index in [9.17, 15) is 28.4 Å². The van der Waals surface area contributed by atoms with Crippen molar-refractivity contribution < 1.29 is 28.0 Å². The van der Waals surface area contributed by atoms with Gasteiger partial charge in [0.1, 0.15) is 0 Å². The number of methoxy groups -OCH3 is 1. The van der Waals surface area contributed by atoms with Crippen LogP contribution in [0.15, 0.2) is 23.1 Å². The maximum atomic E-state index is 12.6. The Balaban J connectivity index is 2.48. The van der Waals surface area contributed by atoms with Gasteiger partial charge in [-0.25, -0.2) is 8.42 Å². The van der Waals surface area contributed by atoms with Crippen LogP contribution < -0.4 is 9.84 Å². The van der Waals surface area contributed by atoms with Gasteiger partial charge in [-0.05, 0) is 25.0 Å². The summed E-state index contributed by atoms with van der Waals surface area (Å²) in [6.45, 7) is 0.0286. The largest absolute Gasteiger partial charge is 0.548 e. The van der Waals surface area contributed by atoms with Gasteiger partial charge in [0.2, 0.25) is 10.0 Å². The van der Waals surface area contributed by atoms with Crippen molar-refractivity contribution in [2.75, 3.05) is 13.7 Å². The van der Waals surface area contributed by atoms with Gasteiger partial charge in [-0.1, -0.05) is 6.42 Å². The molecule has 2 rings (SSSR count). The molecule has 0 aromatic heterocycles. The SMILES string of the molecule is COc1ccc(S(=O)(=O)N2CCCC[C@@H]2C(=O)[O-])cc1[N+](=O)[O-]. The molecular formula is C13H15N2O7S-. The van der Waals surface area contributed by atoms with E-state index in [0.29, 0.717) is 12.8 Å². The van der Waals surface area contributed by atoms with E-state index in [0.717, 1.165) is 16.4 Å². The molecule has 126 valence electrons. The number of ether oxygens (including phenoxy) is 1. The Morgan fingerprint density at radius 1 is 1.39 bits per heavy atom. The van der Waals surface area contributed by atoms with Crippen LogP contribution >= 0.6 is 0 Å². The second-order valence-corrected chi connectivity index (χ2v) is 6.93. The van der Waals surface area contributed by atoms with E-state index in [1.165, 1.54) is 13.2 Å². The smallest absolute Gasteiger partial charge is 0.312 e. The van der Waals surface area contributed by atoms with Crippen molar-refractivity contribution in [1.29, 1.82) is 0 Å². The first-order valence-corrected chi connectivity index (χ1v) is 8.28. The zero-order valence-electron chi connectivity index (χ0n) is 12.3. The molecule has 0 saturated carbocycles. The molecule has 0 spiro atoms. The molecule has 0 N–H and O–H groups in total. The fourth-order valence-electron chi connectivity index (χ4n) is 2.54. The first-order chi connectivity index (χ1) is 10.8. The van der Waals surface area contributed by atoms with Gasteiger partial charge in [-0.2, -0.15) is 4.31 Å². The van der Waals surface area contributed by atoms with Crippen LogP contribution in [-0.2, 0) is 14.8 Å². The van der Waals surface area contributed by atoms with Gasteiger partial charge in [-0.3, -0.25) is 10.1 Å². The molecule has 23 heavy (non-hydrogen) atoms. The highest BCUT2D eigenvalue weighted by molar-refractivity contribution is 7.89. The van der Waals surface area contributed by atoms with Crippen LogP contribution in [-0.4, -0.2) is 43.3 Å². The zero-order valence-corrected chi connectivity index (χ0v) is 13.1. The Morgan fingerprint density at radius 3 is 2.65 bits per heavy atom. The quantitative estimate of drug-likeness (QED) is 0.539. The van der Waals surface area contributed by atoms with Crippen molar-refractivity contribution in [2.24, 2.45) is 0 Å². The number of nitrogens with zero attached hydrogens (tertiary/aromatic N) is 2. The van der Waals surface area contributed by atoms with E-state index < -0.39 is 32.6 Å². The summed E-state index contributed by atoms with van der Waals surface area (Å²) in [7, 11) is -2.96. The first kappa shape index (κ1) is 17.2. The summed E-state index contributed by atoms with van der Waals surface area (Å²) >= 11 is 0. The lowest BCUT2D eigenvalue weighted by Gasteiger charge is -2.35. The minimum absolute atomic E-state index is 0.0286. The number of benzene rings is 1. The predicted octanol–water partition coefficient (Wildman–Crippen LogP) is -0.103. The number of piperidine rings is 1. The van der Waals surface area contributed by atoms with Crippen LogP contribution in [0.5, 0.6) is 5.75 Å². The van der Waals surface area contributed by atoms with Gasteiger partial charge in [0.25, 0.3) is 0 Å². The average Bonchev–Trinajstić information content (AvgIpc) is 2.54. The maximum Gasteiger partial charge on any atom is 0.312 e. The predicted molar refractivity (Wildman–Crippen MR) is 76.2 cm³/mol. The lowest BCUT2D eigenvalue weighted by molar-refractivity contribution is -0.386. The molecule has 0 bridgehead atoms. The van der Waals surface area contributed by atoms with Crippen molar-refractivity contribution in [3.05, 3.63) is 28.3 Å². The number of hydrogen-bond acceptors (Lipinski definition) is 7. The van der Waals surface area contributed by atoms with Crippen LogP contribution in [0.4, 0.5) is 5.69 Å². The normalized spacial score (nSPS) is 19.3. The van der Waals surface area contributed by atoms with E-state index in [2.05, 4.69) is 0 Å². The molecule has 1 heterocycles. The van der Waals surface area contributed by atoms with Crippen LogP contribution in [0, 0.1) is 10.1 Å². The number of carbonyl (C=O) groups is 1. The molecule has 1 aromatic rings. The van der Waals surface area contributed by atoms with Gasteiger partial charge in [-0.15, -0.1) is 0 Å². The third-order valence-corrected chi connectivity index (χ3v) is 5.58. The summed E-state index contributed by atoms with van der Waals surface area (Å²) < 4.78 is 31.0. The molecule has 1 saturated heterocycles. The molecule has 0 unspecified atom stereocenters. The second kappa shape index (κ2) is 6.50. The molecule has 1 aromatic carbocycles. The van der Waals surface area contributed by atoms with Crippen LogP contribution in [0.2, 0.25) is 0 Å². The van der Waals surface area contributed by atoms with Crippen molar-refractivity contribution in [3.63, 3.8) is 0 Å². The number of carbonyl (C=O) groups excluding carboxylic acids is 1. The molecule has 1 aliphatic rings. The van der Waals surface area contributed by atoms with Gasteiger partial charge in [0.05, 0.1) is 28.9 Å². The number of aliphatic carboxylic acids is 1. The molecule has 0 aliphatic carbocycles. The van der Waals surface area contributed by atoms with E-state index in [4.69, 9.17) is 4.74 Å². The minimum atomic E-state index is -4.18. The fourth-order valence-corrected chi connectivity index (χ4v) is 4.20. The van der Waals surface area contributed by atoms with Gasteiger partial charge in [0, 0.05) is 12.6 Å². The summed E-state index contributed by atoms with van der Waals surface area (Å²) in [6.07, 6.45) is 1.24. The number of nitro benzene ring substituents is 1. The number of nitro groups is 1. The molecule has 10 heteroatoms. The highest BCUT2D eigenvalue weighted by Crippen LogP contribution is 2.32. The zero-order chi connectivity index (χ0) is 17.2. The molecule has 0 radical (unpaired) electrons. The Kier molecular flexibility index (Phi) is 4.85. The Bertz CT molecular complexity index is 732. The van der Waals surface area contributed by atoms with E-state index in [1.54, 1.807) is 0 Å². The Morgan fingerprint density at radius 2 is 2.09 bits per heavy atom. The van der Waals surface area contributed by atoms with Crippen LogP contribution in [0.1, 0.15) is 19.3 Å². The summed E-state index contributed by atoms with van der Waals surface area (Å²) in [5.41, 5.74) is -0.504. The van der Waals surface area contributed by atoms with Crippen LogP contribution in [0.3, 0.4) is 0 Å². The third-order valence-electron chi connectivity index (χ3n) is 3.68. The molecule has 0 amide bonds. The summed E-state index contributed by atoms with van der Waals surface area (Å²) in [6, 6.07) is 1.93. The van der Waals surface area contributed by atoms with Crippen molar-refractivity contribution in [1.82, 2.24) is 4.31 Å². The second-order valence-electron chi connectivity index (χ2n) is 5.04. The molecule has 1 aliphatic heterocycles. The molecule has 1 atom stereocenters. The van der Waals surface area contributed by atoms with Crippen LogP contribution in [0.25, 0.3) is 0 Å². The Labute approximate surface area is 132 Å². The number of carboxylic acids is 1. The number of hydrogen-bond donors (Lipinski definition) is 0. The first-order valence-electron chi connectivity index (χ1n) is 6.84. The molecule has 9 nitrogen and oxygen atoms in total. The van der Waals surface area contributed by atoms with Crippen molar-refractivity contribution in [3.8, 4) is 5.75 Å². The highest BCUT2D eigenvalue weighted by Gasteiger charge is 2.35. The van der Waals surface area contributed by atoms with E-state index in [1.807, 2.05) is 0 Å².